The van der Waals surface area contributed by atoms with E-state index >= 15 is 0 Å². The first-order valence-corrected chi connectivity index (χ1v) is 7.99. The first-order chi connectivity index (χ1) is 11.9. The van der Waals surface area contributed by atoms with E-state index in [-0.39, 0.29) is 22.8 Å². The Morgan fingerprint density at radius 3 is 2.72 bits per heavy atom. The molecule has 0 spiro atoms. The zero-order valence-electron chi connectivity index (χ0n) is 13.5. The van der Waals surface area contributed by atoms with Crippen molar-refractivity contribution in [3.05, 3.63) is 58.2 Å². The molecule has 2 aromatic carbocycles. The lowest BCUT2D eigenvalue weighted by molar-refractivity contribution is 0.0520. The number of halogens is 3. The molecule has 25 heavy (non-hydrogen) atoms. The van der Waals surface area contributed by atoms with E-state index in [9.17, 15) is 13.6 Å². The van der Waals surface area contributed by atoms with Crippen molar-refractivity contribution in [2.24, 2.45) is 0 Å². The van der Waals surface area contributed by atoms with E-state index in [1.54, 1.807) is 19.9 Å². The Hall–Kier alpha value is -2.60. The van der Waals surface area contributed by atoms with Crippen LogP contribution in [0.25, 0.3) is 10.9 Å². The van der Waals surface area contributed by atoms with Crippen molar-refractivity contribution in [1.82, 2.24) is 4.98 Å². The van der Waals surface area contributed by atoms with Crippen molar-refractivity contribution in [3.8, 4) is 0 Å². The number of benzene rings is 2. The summed E-state index contributed by atoms with van der Waals surface area (Å²) in [4.78, 5) is 14.7. The van der Waals surface area contributed by atoms with Gasteiger partial charge in [0.2, 0.25) is 0 Å². The maximum atomic E-state index is 14.4. The molecule has 3 aromatic rings. The van der Waals surface area contributed by atoms with E-state index < -0.39 is 17.6 Å². The fraction of sp³-hybridized carbons (Fsp3) is 0.167. The molecule has 1 heterocycles. The van der Waals surface area contributed by atoms with E-state index in [1.165, 1.54) is 24.3 Å². The molecule has 0 bridgehead atoms. The van der Waals surface area contributed by atoms with Crippen LogP contribution in [0.1, 0.15) is 23.0 Å². The predicted molar refractivity (Wildman–Crippen MR) is 93.6 cm³/mol. The standard InChI is InChI=1S/C18H15ClF2N2O2/c1-3-25-18(24)15-8-11-14(6-9(2)16(21)17(11)23-15)22-10-4-5-13(20)12(19)7-10/h4-8,22-23H,3H2,1-2H3. The van der Waals surface area contributed by atoms with Gasteiger partial charge in [-0.25, -0.2) is 13.6 Å². The van der Waals surface area contributed by atoms with Crippen LogP contribution in [0.15, 0.2) is 30.3 Å². The third-order valence-electron chi connectivity index (χ3n) is 3.73. The average Bonchev–Trinajstić information content (AvgIpc) is 3.02. The van der Waals surface area contributed by atoms with Crippen molar-refractivity contribution in [1.29, 1.82) is 0 Å². The maximum absolute atomic E-state index is 14.4. The van der Waals surface area contributed by atoms with Gasteiger partial charge in [-0.1, -0.05) is 11.6 Å². The molecule has 0 saturated heterocycles. The normalized spacial score (nSPS) is 10.9. The minimum Gasteiger partial charge on any atom is -0.461 e. The fourth-order valence-corrected chi connectivity index (χ4v) is 2.73. The smallest absolute Gasteiger partial charge is 0.354 e. The highest BCUT2D eigenvalue weighted by Crippen LogP contribution is 2.32. The van der Waals surface area contributed by atoms with E-state index in [1.807, 2.05) is 0 Å². The maximum Gasteiger partial charge on any atom is 0.354 e. The van der Waals surface area contributed by atoms with Gasteiger partial charge < -0.3 is 15.0 Å². The quantitative estimate of drug-likeness (QED) is 0.615. The van der Waals surface area contributed by atoms with Gasteiger partial charge in [0, 0.05) is 16.8 Å². The molecule has 0 aliphatic carbocycles. The summed E-state index contributed by atoms with van der Waals surface area (Å²) < 4.78 is 32.7. The number of anilines is 2. The zero-order valence-corrected chi connectivity index (χ0v) is 14.3. The zero-order chi connectivity index (χ0) is 18.1. The molecule has 3 rings (SSSR count). The Bertz CT molecular complexity index is 969. The van der Waals surface area contributed by atoms with Crippen molar-refractivity contribution in [2.45, 2.75) is 13.8 Å². The van der Waals surface area contributed by atoms with Gasteiger partial charge in [0.1, 0.15) is 17.3 Å². The van der Waals surface area contributed by atoms with Gasteiger partial charge in [-0.3, -0.25) is 0 Å². The van der Waals surface area contributed by atoms with Crippen molar-refractivity contribution < 1.29 is 18.3 Å². The van der Waals surface area contributed by atoms with Gasteiger partial charge >= 0.3 is 5.97 Å². The number of ether oxygens (including phenoxy) is 1. The molecule has 1 aromatic heterocycles. The van der Waals surface area contributed by atoms with Crippen molar-refractivity contribution >= 4 is 39.8 Å². The molecule has 2 N–H and O–H groups in total. The summed E-state index contributed by atoms with van der Waals surface area (Å²) >= 11 is 5.79. The molecule has 130 valence electrons. The Kier molecular flexibility index (Phi) is 4.63. The molecule has 0 aliphatic heterocycles. The molecule has 4 nitrogen and oxygen atoms in total. The highest BCUT2D eigenvalue weighted by molar-refractivity contribution is 6.31. The number of esters is 1. The topological polar surface area (TPSA) is 54.1 Å². The van der Waals surface area contributed by atoms with Crippen LogP contribution in [0, 0.1) is 18.6 Å². The Morgan fingerprint density at radius 2 is 2.04 bits per heavy atom. The van der Waals surface area contributed by atoms with E-state index in [0.717, 1.165) is 0 Å². The molecule has 0 radical (unpaired) electrons. The Morgan fingerprint density at radius 1 is 1.28 bits per heavy atom. The van der Waals surface area contributed by atoms with Gasteiger partial charge in [-0.15, -0.1) is 0 Å². The lowest BCUT2D eigenvalue weighted by Crippen LogP contribution is -2.04. The second-order valence-corrected chi connectivity index (χ2v) is 5.91. The number of nitrogens with one attached hydrogen (secondary N) is 2. The van der Waals surface area contributed by atoms with Gasteiger partial charge in [-0.05, 0) is 49.7 Å². The summed E-state index contributed by atoms with van der Waals surface area (Å²) in [5.74, 6) is -1.54. The molecular weight excluding hydrogens is 350 g/mol. The van der Waals surface area contributed by atoms with Crippen LogP contribution in [-0.4, -0.2) is 17.6 Å². The highest BCUT2D eigenvalue weighted by Gasteiger charge is 2.17. The van der Waals surface area contributed by atoms with Gasteiger partial charge in [-0.2, -0.15) is 0 Å². The monoisotopic (exact) mass is 364 g/mol. The van der Waals surface area contributed by atoms with Gasteiger partial charge in [0.25, 0.3) is 0 Å². The summed E-state index contributed by atoms with van der Waals surface area (Å²) in [6.45, 7) is 3.52. The second-order valence-electron chi connectivity index (χ2n) is 5.50. The van der Waals surface area contributed by atoms with Crippen LogP contribution in [0.4, 0.5) is 20.2 Å². The van der Waals surface area contributed by atoms with Crippen molar-refractivity contribution in [3.63, 3.8) is 0 Å². The van der Waals surface area contributed by atoms with E-state index in [4.69, 9.17) is 16.3 Å². The van der Waals surface area contributed by atoms with Gasteiger partial charge in [0.15, 0.2) is 0 Å². The molecule has 0 atom stereocenters. The van der Waals surface area contributed by atoms with Crippen LogP contribution in [-0.2, 0) is 4.74 Å². The summed E-state index contributed by atoms with van der Waals surface area (Å²) in [5, 5.41) is 3.53. The molecule has 0 unspecified atom stereocenters. The average molecular weight is 365 g/mol. The Balaban J connectivity index is 2.09. The number of hydrogen-bond acceptors (Lipinski definition) is 3. The molecular formula is C18H15ClF2N2O2. The summed E-state index contributed by atoms with van der Waals surface area (Å²) in [7, 11) is 0. The van der Waals surface area contributed by atoms with Crippen molar-refractivity contribution in [2.75, 3.05) is 11.9 Å². The minimum atomic E-state index is -0.563. The first-order valence-electron chi connectivity index (χ1n) is 7.61. The summed E-state index contributed by atoms with van der Waals surface area (Å²) in [6.07, 6.45) is 0. The molecule has 0 saturated carbocycles. The SMILES string of the molecule is CCOC(=O)c1cc2c(Nc3ccc(F)c(Cl)c3)cc(C)c(F)c2[nH]1. The third kappa shape index (κ3) is 3.30. The predicted octanol–water partition coefficient (Wildman–Crippen LogP) is 5.33. The highest BCUT2D eigenvalue weighted by atomic mass is 35.5. The number of hydrogen-bond donors (Lipinski definition) is 2. The summed E-state index contributed by atoms with van der Waals surface area (Å²) in [6, 6.07) is 7.31. The summed E-state index contributed by atoms with van der Waals surface area (Å²) in [5.41, 5.74) is 1.83. The second kappa shape index (κ2) is 6.72. The molecule has 0 aliphatic rings. The van der Waals surface area contributed by atoms with Crippen LogP contribution < -0.4 is 5.32 Å². The number of aromatic nitrogens is 1. The number of carbonyl (C=O) groups excluding carboxylic acids is 1. The number of fused-ring (bicyclic) bond motifs is 1. The number of carbonyl (C=O) groups is 1. The third-order valence-corrected chi connectivity index (χ3v) is 4.02. The largest absolute Gasteiger partial charge is 0.461 e. The first kappa shape index (κ1) is 17.2. The number of H-pyrrole nitrogens is 1. The minimum absolute atomic E-state index is 0.0265. The number of rotatable bonds is 4. The fourth-order valence-electron chi connectivity index (χ4n) is 2.55. The van der Waals surface area contributed by atoms with Gasteiger partial charge in [0.05, 0.1) is 17.1 Å². The number of aryl methyl sites for hydroxylation is 1. The molecule has 0 amide bonds. The lowest BCUT2D eigenvalue weighted by atomic mass is 10.1. The van der Waals surface area contributed by atoms with E-state index in [0.29, 0.717) is 22.3 Å². The lowest BCUT2D eigenvalue weighted by Gasteiger charge is -2.10. The molecule has 7 heteroatoms. The van der Waals surface area contributed by atoms with Crippen LogP contribution >= 0.6 is 11.6 Å². The Labute approximate surface area is 147 Å². The van der Waals surface area contributed by atoms with Crippen LogP contribution in [0.5, 0.6) is 0 Å². The van der Waals surface area contributed by atoms with Crippen LogP contribution in [0.3, 0.4) is 0 Å². The van der Waals surface area contributed by atoms with Crippen LogP contribution in [0.2, 0.25) is 5.02 Å². The molecule has 0 fully saturated rings. The number of aromatic amines is 1. The van der Waals surface area contributed by atoms with E-state index in [2.05, 4.69) is 10.3 Å².